The van der Waals surface area contributed by atoms with Crippen LogP contribution in [0.15, 0.2) is 11.8 Å². The summed E-state index contributed by atoms with van der Waals surface area (Å²) in [5.41, 5.74) is -0.337. The van der Waals surface area contributed by atoms with Crippen LogP contribution in [0.25, 0.3) is 0 Å². The van der Waals surface area contributed by atoms with Crippen molar-refractivity contribution < 1.29 is 9.47 Å². The summed E-state index contributed by atoms with van der Waals surface area (Å²) in [5, 5.41) is 1.25. The van der Waals surface area contributed by atoms with Crippen molar-refractivity contribution in [2.75, 3.05) is 13.2 Å². The minimum Gasteiger partial charge on any atom is -0.354 e. The highest BCUT2D eigenvalue weighted by atomic mass is 28.2. The monoisotopic (exact) mass is 244 g/mol. The Morgan fingerprint density at radius 1 is 1.12 bits per heavy atom. The highest BCUT2D eigenvalue weighted by Gasteiger charge is 2.25. The van der Waals surface area contributed by atoms with Gasteiger partial charge in [-0.3, -0.25) is 0 Å². The molecule has 0 N–H and O–H groups in total. The lowest BCUT2D eigenvalue weighted by molar-refractivity contribution is -0.169. The van der Waals surface area contributed by atoms with Crippen molar-refractivity contribution in [3.05, 3.63) is 11.8 Å². The van der Waals surface area contributed by atoms with E-state index in [-0.39, 0.29) is 5.41 Å². The Balaban J connectivity index is 4.07. The van der Waals surface area contributed by atoms with Gasteiger partial charge in [-0.15, -0.1) is 6.58 Å². The molecule has 0 unspecified atom stereocenters. The molecule has 0 spiro atoms. The summed E-state index contributed by atoms with van der Waals surface area (Å²) in [4.78, 5) is 0. The molecule has 0 aromatic carbocycles. The number of allylic oxidation sites excluding steroid dienone is 1. The van der Waals surface area contributed by atoms with Gasteiger partial charge < -0.3 is 9.47 Å². The third-order valence-corrected chi connectivity index (χ3v) is 4.09. The number of hydrogen-bond acceptors (Lipinski definition) is 2. The molecule has 0 radical (unpaired) electrons. The van der Waals surface area contributed by atoms with Crippen molar-refractivity contribution in [2.45, 2.75) is 58.8 Å². The molecule has 0 atom stereocenters. The molecule has 0 bridgehead atoms. The van der Waals surface area contributed by atoms with E-state index in [1.165, 1.54) is 18.0 Å². The van der Waals surface area contributed by atoms with Crippen LogP contribution in [0, 0.1) is 0 Å². The second kappa shape index (κ2) is 8.96. The smallest absolute Gasteiger partial charge is 0.146 e. The van der Waals surface area contributed by atoms with E-state index in [1.807, 2.05) is 0 Å². The van der Waals surface area contributed by atoms with Crippen LogP contribution in [0.5, 0.6) is 0 Å². The van der Waals surface area contributed by atoms with Crippen LogP contribution < -0.4 is 0 Å². The van der Waals surface area contributed by atoms with Crippen molar-refractivity contribution in [3.8, 4) is 0 Å². The van der Waals surface area contributed by atoms with Crippen LogP contribution in [-0.4, -0.2) is 28.1 Å². The summed E-state index contributed by atoms with van der Waals surface area (Å²) in [6.07, 6.45) is 4.55. The molecule has 0 aromatic rings. The van der Waals surface area contributed by atoms with E-state index in [4.69, 9.17) is 9.47 Å². The van der Waals surface area contributed by atoms with Crippen LogP contribution in [0.3, 0.4) is 0 Å². The van der Waals surface area contributed by atoms with Crippen LogP contribution in [0.1, 0.15) is 53.4 Å². The van der Waals surface area contributed by atoms with E-state index in [9.17, 15) is 0 Å². The Hall–Kier alpha value is -0.123. The fraction of sp³-hybridized carbons (Fsp3) is 0.846. The maximum absolute atomic E-state index is 5.91. The Kier molecular flexibility index (Phi) is 8.90. The average molecular weight is 244 g/mol. The standard InChI is InChI=1S/C13H28O2Si/c1-6-8-10-14-13(5,16-12(3)4)15-11-9-7-2/h3,6-11,16H2,1-2,4-5H3. The van der Waals surface area contributed by atoms with Gasteiger partial charge >= 0.3 is 0 Å². The Bertz CT molecular complexity index is 182. The second-order valence-electron chi connectivity index (χ2n) is 4.67. The van der Waals surface area contributed by atoms with E-state index in [0.717, 1.165) is 26.1 Å². The van der Waals surface area contributed by atoms with Gasteiger partial charge in [0, 0.05) is 13.2 Å². The van der Waals surface area contributed by atoms with Gasteiger partial charge in [0.05, 0.1) is 0 Å². The van der Waals surface area contributed by atoms with Crippen molar-refractivity contribution in [2.24, 2.45) is 0 Å². The number of hydrogen-bond donors (Lipinski definition) is 0. The van der Waals surface area contributed by atoms with Gasteiger partial charge in [0.2, 0.25) is 0 Å². The van der Waals surface area contributed by atoms with Crippen LogP contribution in [0.4, 0.5) is 0 Å². The van der Waals surface area contributed by atoms with Gasteiger partial charge in [0.1, 0.15) is 14.9 Å². The third-order valence-electron chi connectivity index (χ3n) is 2.43. The molecule has 0 aliphatic rings. The first kappa shape index (κ1) is 15.9. The minimum atomic E-state index is -0.531. The summed E-state index contributed by atoms with van der Waals surface area (Å²) in [6.45, 7) is 14.1. The third kappa shape index (κ3) is 8.08. The molecule has 0 amide bonds. The Morgan fingerprint density at radius 2 is 1.56 bits per heavy atom. The molecule has 16 heavy (non-hydrogen) atoms. The van der Waals surface area contributed by atoms with Crippen LogP contribution in [0.2, 0.25) is 0 Å². The van der Waals surface area contributed by atoms with Gasteiger partial charge in [0.25, 0.3) is 0 Å². The van der Waals surface area contributed by atoms with Gasteiger partial charge in [-0.25, -0.2) is 0 Å². The topological polar surface area (TPSA) is 18.5 Å². The highest BCUT2D eigenvalue weighted by Crippen LogP contribution is 2.15. The molecular weight excluding hydrogens is 216 g/mol. The fourth-order valence-electron chi connectivity index (χ4n) is 1.56. The van der Waals surface area contributed by atoms with Crippen LogP contribution >= 0.6 is 0 Å². The average Bonchev–Trinajstić information content (AvgIpc) is 2.17. The van der Waals surface area contributed by atoms with E-state index < -0.39 is 9.52 Å². The molecule has 3 heteroatoms. The van der Waals surface area contributed by atoms with Gasteiger partial charge in [-0.05, 0) is 26.7 Å². The molecule has 0 saturated carbocycles. The molecule has 0 aliphatic carbocycles. The first-order valence-electron chi connectivity index (χ1n) is 6.46. The number of rotatable bonds is 10. The summed E-state index contributed by atoms with van der Waals surface area (Å²) < 4.78 is 11.8. The zero-order valence-corrected chi connectivity index (χ0v) is 12.9. The fourth-order valence-corrected chi connectivity index (χ4v) is 3.15. The molecule has 0 fully saturated rings. The number of ether oxygens (including phenoxy) is 2. The molecule has 0 saturated heterocycles. The molecule has 2 nitrogen and oxygen atoms in total. The van der Waals surface area contributed by atoms with E-state index in [0.29, 0.717) is 0 Å². The lowest BCUT2D eigenvalue weighted by atomic mass is 10.3. The maximum atomic E-state index is 5.91. The minimum absolute atomic E-state index is 0.337. The van der Waals surface area contributed by atoms with Crippen LogP contribution in [-0.2, 0) is 9.47 Å². The summed E-state index contributed by atoms with van der Waals surface area (Å²) in [7, 11) is -0.531. The zero-order chi connectivity index (χ0) is 12.4. The quantitative estimate of drug-likeness (QED) is 0.334. The SMILES string of the molecule is C=C(C)[SiH2]C(C)(OCCCC)OCCCC. The molecule has 0 rings (SSSR count). The van der Waals surface area contributed by atoms with Crippen molar-refractivity contribution >= 4 is 9.52 Å². The second-order valence-corrected chi connectivity index (χ2v) is 7.52. The first-order chi connectivity index (χ1) is 7.54. The number of unbranched alkanes of at least 4 members (excludes halogenated alkanes) is 2. The van der Waals surface area contributed by atoms with Crippen molar-refractivity contribution in [1.82, 2.24) is 0 Å². The summed E-state index contributed by atoms with van der Waals surface area (Å²) >= 11 is 0. The van der Waals surface area contributed by atoms with E-state index in [1.54, 1.807) is 0 Å². The van der Waals surface area contributed by atoms with Gasteiger partial charge in [-0.1, -0.05) is 31.9 Å². The molecule has 0 aromatic heterocycles. The van der Waals surface area contributed by atoms with Gasteiger partial charge in [-0.2, -0.15) is 0 Å². The normalized spacial score (nSPS) is 12.5. The zero-order valence-electron chi connectivity index (χ0n) is 11.5. The molecule has 0 aliphatic heterocycles. The highest BCUT2D eigenvalue weighted by molar-refractivity contribution is 6.47. The molecule has 96 valence electrons. The predicted octanol–water partition coefficient (Wildman–Crippen LogP) is 3.00. The maximum Gasteiger partial charge on any atom is 0.146 e. The largest absolute Gasteiger partial charge is 0.354 e. The first-order valence-corrected chi connectivity index (χ1v) is 7.87. The summed E-state index contributed by atoms with van der Waals surface area (Å²) in [6, 6.07) is 0. The molecular formula is C13H28O2Si. The van der Waals surface area contributed by atoms with E-state index >= 15 is 0 Å². The lowest BCUT2D eigenvalue weighted by Crippen LogP contribution is -2.40. The Morgan fingerprint density at radius 3 is 1.88 bits per heavy atom. The Labute approximate surface area is 103 Å². The summed E-state index contributed by atoms with van der Waals surface area (Å²) in [5.74, 6) is 0. The van der Waals surface area contributed by atoms with Gasteiger partial charge in [0.15, 0.2) is 0 Å². The molecule has 0 heterocycles. The van der Waals surface area contributed by atoms with Crippen molar-refractivity contribution in [3.63, 3.8) is 0 Å². The van der Waals surface area contributed by atoms with E-state index in [2.05, 4.69) is 34.3 Å². The predicted molar refractivity (Wildman–Crippen MR) is 73.5 cm³/mol. The van der Waals surface area contributed by atoms with Crippen molar-refractivity contribution in [1.29, 1.82) is 0 Å². The lowest BCUT2D eigenvalue weighted by Gasteiger charge is -2.30.